The summed E-state index contributed by atoms with van der Waals surface area (Å²) in [6.07, 6.45) is 0.387. The number of nitrogens with zero attached hydrogens (tertiary/aromatic N) is 3. The van der Waals surface area contributed by atoms with Gasteiger partial charge in [0.1, 0.15) is 6.10 Å². The van der Waals surface area contributed by atoms with Crippen LogP contribution in [0.3, 0.4) is 0 Å². The van der Waals surface area contributed by atoms with Gasteiger partial charge in [-0.15, -0.1) is 0 Å². The minimum atomic E-state index is -0.605. The molecule has 0 unspecified atom stereocenters. The third kappa shape index (κ3) is 4.34. The Morgan fingerprint density at radius 1 is 0.943 bits per heavy atom. The fourth-order valence-electron chi connectivity index (χ4n) is 4.91. The Morgan fingerprint density at radius 3 is 2.14 bits per heavy atom. The Labute approximate surface area is 203 Å². The molecule has 3 heterocycles. The second kappa shape index (κ2) is 9.40. The molecule has 0 aromatic heterocycles. The van der Waals surface area contributed by atoms with Crippen molar-refractivity contribution in [2.45, 2.75) is 25.9 Å². The van der Waals surface area contributed by atoms with Gasteiger partial charge in [0.2, 0.25) is 0 Å². The van der Waals surface area contributed by atoms with Crippen molar-refractivity contribution in [3.05, 3.63) is 59.7 Å². The van der Waals surface area contributed by atoms with Crippen molar-refractivity contribution in [3.63, 3.8) is 0 Å². The van der Waals surface area contributed by atoms with Crippen LogP contribution in [0.1, 0.15) is 40.5 Å². The number of carbonyl (C=O) groups is 4. The van der Waals surface area contributed by atoms with Crippen molar-refractivity contribution in [1.82, 2.24) is 4.90 Å². The molecule has 2 saturated heterocycles. The number of ether oxygens (including phenoxy) is 2. The summed E-state index contributed by atoms with van der Waals surface area (Å²) >= 11 is 0. The van der Waals surface area contributed by atoms with Crippen LogP contribution in [-0.4, -0.2) is 67.7 Å². The third-order valence-electron chi connectivity index (χ3n) is 6.78. The maximum Gasteiger partial charge on any atom is 0.414 e. The number of carbonyl (C=O) groups excluding carboxylic acids is 4. The van der Waals surface area contributed by atoms with Crippen LogP contribution in [0.4, 0.5) is 16.2 Å². The molecule has 9 nitrogen and oxygen atoms in total. The molecule has 35 heavy (non-hydrogen) atoms. The van der Waals surface area contributed by atoms with E-state index in [-0.39, 0.29) is 36.8 Å². The molecule has 0 bridgehead atoms. The summed E-state index contributed by atoms with van der Waals surface area (Å²) in [5.74, 6) is -0.901. The largest absolute Gasteiger partial charge is 0.466 e. The zero-order chi connectivity index (χ0) is 24.5. The highest BCUT2D eigenvalue weighted by Gasteiger charge is 2.40. The quantitative estimate of drug-likeness (QED) is 0.466. The summed E-state index contributed by atoms with van der Waals surface area (Å²) in [5, 5.41) is 0. The van der Waals surface area contributed by atoms with Gasteiger partial charge in [-0.1, -0.05) is 12.1 Å². The van der Waals surface area contributed by atoms with Crippen molar-refractivity contribution in [2.75, 3.05) is 42.6 Å². The zero-order valence-corrected chi connectivity index (χ0v) is 19.5. The summed E-state index contributed by atoms with van der Waals surface area (Å²) in [6, 6.07) is 14.3. The van der Waals surface area contributed by atoms with Gasteiger partial charge in [0.15, 0.2) is 0 Å². The van der Waals surface area contributed by atoms with Crippen LogP contribution in [0.25, 0.3) is 0 Å². The van der Waals surface area contributed by atoms with Crippen LogP contribution in [0.15, 0.2) is 48.5 Å². The van der Waals surface area contributed by atoms with Crippen LogP contribution in [-0.2, 0) is 14.3 Å². The van der Waals surface area contributed by atoms with E-state index in [2.05, 4.69) is 4.90 Å². The van der Waals surface area contributed by atoms with Crippen molar-refractivity contribution in [1.29, 1.82) is 0 Å². The number of imide groups is 1. The number of hydrogen-bond acceptors (Lipinski definition) is 7. The van der Waals surface area contributed by atoms with E-state index in [1.54, 1.807) is 24.3 Å². The Hall–Kier alpha value is -3.88. The second-order valence-corrected chi connectivity index (χ2v) is 8.91. The van der Waals surface area contributed by atoms with Crippen molar-refractivity contribution in [2.24, 2.45) is 5.92 Å². The van der Waals surface area contributed by atoms with Crippen LogP contribution in [0.5, 0.6) is 0 Å². The molecule has 9 heteroatoms. The molecule has 3 aliphatic rings. The molecule has 2 fully saturated rings. The molecule has 2 aromatic carbocycles. The third-order valence-corrected chi connectivity index (χ3v) is 6.78. The van der Waals surface area contributed by atoms with Crippen LogP contribution >= 0.6 is 0 Å². The molecule has 182 valence electrons. The van der Waals surface area contributed by atoms with E-state index >= 15 is 0 Å². The molecule has 0 spiro atoms. The van der Waals surface area contributed by atoms with E-state index in [9.17, 15) is 19.2 Å². The van der Waals surface area contributed by atoms with Crippen LogP contribution in [0.2, 0.25) is 0 Å². The maximum absolute atomic E-state index is 12.6. The molecule has 0 saturated carbocycles. The molecule has 0 aliphatic carbocycles. The van der Waals surface area contributed by atoms with Gasteiger partial charge >= 0.3 is 12.1 Å². The minimum Gasteiger partial charge on any atom is -0.466 e. The lowest BCUT2D eigenvalue weighted by atomic mass is 9.96. The van der Waals surface area contributed by atoms with Gasteiger partial charge in [-0.2, -0.15) is 0 Å². The van der Waals surface area contributed by atoms with E-state index < -0.39 is 12.2 Å². The highest BCUT2D eigenvalue weighted by atomic mass is 16.6. The number of esters is 1. The zero-order valence-electron chi connectivity index (χ0n) is 19.5. The lowest BCUT2D eigenvalue weighted by molar-refractivity contribution is -0.148. The first-order valence-electron chi connectivity index (χ1n) is 11.9. The predicted molar refractivity (Wildman–Crippen MR) is 127 cm³/mol. The first-order chi connectivity index (χ1) is 17.0. The Morgan fingerprint density at radius 2 is 1.54 bits per heavy atom. The summed E-state index contributed by atoms with van der Waals surface area (Å²) in [4.78, 5) is 54.6. The Kier molecular flexibility index (Phi) is 6.15. The summed E-state index contributed by atoms with van der Waals surface area (Å²) < 4.78 is 10.6. The lowest BCUT2D eigenvalue weighted by Crippen LogP contribution is -2.38. The minimum absolute atomic E-state index is 0.0160. The van der Waals surface area contributed by atoms with E-state index in [4.69, 9.17) is 9.47 Å². The highest BCUT2D eigenvalue weighted by Crippen LogP contribution is 2.29. The van der Waals surface area contributed by atoms with Gasteiger partial charge in [-0.05, 0) is 56.2 Å². The van der Waals surface area contributed by atoms with Crippen LogP contribution < -0.4 is 9.80 Å². The van der Waals surface area contributed by atoms with Crippen LogP contribution in [0, 0.1) is 5.92 Å². The number of benzene rings is 2. The molecule has 0 radical (unpaired) electrons. The average molecular weight is 478 g/mol. The normalized spacial score (nSPS) is 20.3. The maximum atomic E-state index is 12.6. The summed E-state index contributed by atoms with van der Waals surface area (Å²) in [6.45, 7) is 4.00. The topological polar surface area (TPSA) is 96.5 Å². The van der Waals surface area contributed by atoms with Gasteiger partial charge in [0.05, 0.1) is 36.7 Å². The number of fused-ring (bicyclic) bond motifs is 1. The summed E-state index contributed by atoms with van der Waals surface area (Å²) in [7, 11) is 0. The molecule has 5 rings (SSSR count). The number of piperidine rings is 1. The molecule has 3 amide bonds. The highest BCUT2D eigenvalue weighted by molar-refractivity contribution is 6.21. The predicted octanol–water partition coefficient (Wildman–Crippen LogP) is 3.09. The molecule has 3 aliphatic heterocycles. The fourth-order valence-corrected chi connectivity index (χ4v) is 4.91. The van der Waals surface area contributed by atoms with E-state index in [0.717, 1.165) is 36.5 Å². The van der Waals surface area contributed by atoms with Gasteiger partial charge < -0.3 is 14.4 Å². The van der Waals surface area contributed by atoms with E-state index in [0.29, 0.717) is 23.4 Å². The number of rotatable bonds is 6. The first-order valence-corrected chi connectivity index (χ1v) is 11.9. The SMILES string of the molecule is CCOC(=O)C1CCN(c2ccc(N3C[C@@H](CN4C(=O)c5ccccc5C4=O)OC3=O)cc2)CC1. The Balaban J connectivity index is 1.19. The number of anilines is 2. The molecular formula is C26H27N3O6. The monoisotopic (exact) mass is 477 g/mol. The smallest absolute Gasteiger partial charge is 0.414 e. The van der Waals surface area contributed by atoms with Gasteiger partial charge in [0.25, 0.3) is 11.8 Å². The van der Waals surface area contributed by atoms with E-state index in [1.165, 1.54) is 4.90 Å². The molecule has 2 aromatic rings. The van der Waals surface area contributed by atoms with Gasteiger partial charge in [-0.3, -0.25) is 24.2 Å². The van der Waals surface area contributed by atoms with Crippen molar-refractivity contribution in [3.8, 4) is 0 Å². The fraction of sp³-hybridized carbons (Fsp3) is 0.385. The number of amides is 3. The summed E-state index contributed by atoms with van der Waals surface area (Å²) in [5.41, 5.74) is 2.46. The first kappa shape index (κ1) is 22.9. The molecule has 1 atom stereocenters. The average Bonchev–Trinajstić information content (AvgIpc) is 3.37. The second-order valence-electron chi connectivity index (χ2n) is 8.91. The van der Waals surface area contributed by atoms with Crippen molar-refractivity contribution < 1.29 is 28.7 Å². The van der Waals surface area contributed by atoms with Gasteiger partial charge in [0, 0.05) is 24.5 Å². The number of cyclic esters (lactones) is 1. The number of hydrogen-bond donors (Lipinski definition) is 0. The molecular weight excluding hydrogens is 450 g/mol. The van der Waals surface area contributed by atoms with E-state index in [1.807, 2.05) is 31.2 Å². The van der Waals surface area contributed by atoms with Crippen molar-refractivity contribution >= 4 is 35.3 Å². The standard InChI is InChI=1S/C26H27N3O6/c1-2-34-25(32)17-11-13-27(14-12-17)18-7-9-19(10-8-18)28-15-20(35-26(28)33)16-29-23(30)21-5-3-4-6-22(21)24(29)31/h3-10,17,20H,2,11-16H2,1H3/t20-/m0/s1. The lowest BCUT2D eigenvalue weighted by Gasteiger charge is -2.32. The Bertz CT molecular complexity index is 1120. The van der Waals surface area contributed by atoms with Gasteiger partial charge in [-0.25, -0.2) is 4.79 Å². The molecule has 0 N–H and O–H groups in total.